The molecule has 0 radical (unpaired) electrons. The van der Waals surface area contributed by atoms with Crippen molar-refractivity contribution in [1.29, 1.82) is 0 Å². The predicted molar refractivity (Wildman–Crippen MR) is 165 cm³/mol. The zero-order valence-electron chi connectivity index (χ0n) is 25.7. The third kappa shape index (κ3) is 6.43. The minimum atomic E-state index is -2.14. The lowest BCUT2D eigenvalue weighted by Gasteiger charge is -2.36. The van der Waals surface area contributed by atoms with Crippen molar-refractivity contribution >= 4 is 42.9 Å². The van der Waals surface area contributed by atoms with E-state index < -0.39 is 24.9 Å². The molecule has 3 heterocycles. The Labute approximate surface area is 247 Å². The molecule has 1 aliphatic rings. The molecule has 0 unspecified atom stereocenters. The van der Waals surface area contributed by atoms with Gasteiger partial charge in [-0.05, 0) is 92.0 Å². The Kier molecular flexibility index (Phi) is 8.16. The highest BCUT2D eigenvalue weighted by molar-refractivity contribution is 6.74. The Morgan fingerprint density at radius 3 is 2.24 bits per heavy atom. The molecule has 0 bridgehead atoms. The zero-order chi connectivity index (χ0) is 31.2. The number of pyridine rings is 1. The van der Waals surface area contributed by atoms with Gasteiger partial charge in [0.25, 0.3) is 0 Å². The summed E-state index contributed by atoms with van der Waals surface area (Å²) in [4.78, 5) is 43.2. The second-order valence-electron chi connectivity index (χ2n) is 13.4. The van der Waals surface area contributed by atoms with Crippen LogP contribution in [0.3, 0.4) is 0 Å². The standard InChI is InChI=1S/C30H41N5O6Si/c1-29(2,3)40-28(37)34-23-11-9-21(41-42(7,8)30(4,5)6)17-20(23)18-24(34)22-10-12-25(32-27(22)35(38)39)33-15-13-19(14-16-33)26(31)36/h9-12,17-19H,13-16H2,1-8H3,(H2,31,36). The molecule has 4 rings (SSSR count). The Bertz CT molecular complexity index is 1530. The minimum Gasteiger partial charge on any atom is -0.543 e. The Morgan fingerprint density at radius 2 is 1.69 bits per heavy atom. The minimum absolute atomic E-state index is 0.0152. The molecule has 2 N–H and O–H groups in total. The molecular weight excluding hydrogens is 554 g/mol. The van der Waals surface area contributed by atoms with Gasteiger partial charge in [0.05, 0.1) is 16.8 Å². The van der Waals surface area contributed by atoms with Gasteiger partial charge in [0, 0.05) is 30.5 Å². The highest BCUT2D eigenvalue weighted by atomic mass is 28.4. The second kappa shape index (κ2) is 11.0. The smallest absolute Gasteiger partial charge is 0.419 e. The van der Waals surface area contributed by atoms with E-state index in [0.717, 1.165) is 0 Å². The summed E-state index contributed by atoms with van der Waals surface area (Å²) >= 11 is 0. The quantitative estimate of drug-likeness (QED) is 0.194. The molecule has 1 amide bonds. The van der Waals surface area contributed by atoms with Gasteiger partial charge in [-0.25, -0.2) is 9.36 Å². The Hall–Kier alpha value is -3.93. The second-order valence-corrected chi connectivity index (χ2v) is 18.1. The largest absolute Gasteiger partial charge is 0.543 e. The fraction of sp³-hybridized carbons (Fsp3) is 0.500. The van der Waals surface area contributed by atoms with Crippen molar-refractivity contribution in [2.45, 2.75) is 78.1 Å². The van der Waals surface area contributed by atoms with Gasteiger partial charge in [-0.3, -0.25) is 4.79 Å². The highest BCUT2D eigenvalue weighted by Gasteiger charge is 2.39. The first-order valence-corrected chi connectivity index (χ1v) is 17.1. The number of anilines is 1. The van der Waals surface area contributed by atoms with Crippen molar-refractivity contribution in [3.63, 3.8) is 0 Å². The topological polar surface area (TPSA) is 143 Å². The number of rotatable bonds is 6. The Balaban J connectivity index is 1.82. The molecule has 2 aromatic heterocycles. The molecule has 3 aromatic rings. The lowest BCUT2D eigenvalue weighted by molar-refractivity contribution is -0.388. The maximum Gasteiger partial charge on any atom is 0.419 e. The average Bonchev–Trinajstić information content (AvgIpc) is 3.25. The van der Waals surface area contributed by atoms with E-state index in [1.807, 2.05) is 17.0 Å². The van der Waals surface area contributed by atoms with Crippen LogP contribution in [0.5, 0.6) is 5.75 Å². The number of fused-ring (bicyclic) bond motifs is 1. The number of nitrogens with zero attached hydrogens (tertiary/aromatic N) is 4. The molecular formula is C30H41N5O6Si. The van der Waals surface area contributed by atoms with Crippen molar-refractivity contribution in [3.8, 4) is 17.0 Å². The molecule has 1 saturated heterocycles. The number of aromatic nitrogens is 2. The molecule has 0 atom stereocenters. The number of hydrogen-bond acceptors (Lipinski definition) is 8. The van der Waals surface area contributed by atoms with Crippen molar-refractivity contribution in [1.82, 2.24) is 9.55 Å². The summed E-state index contributed by atoms with van der Waals surface area (Å²) in [6, 6.07) is 10.5. The summed E-state index contributed by atoms with van der Waals surface area (Å²) in [7, 11) is -2.14. The molecule has 42 heavy (non-hydrogen) atoms. The predicted octanol–water partition coefficient (Wildman–Crippen LogP) is 6.48. The van der Waals surface area contributed by atoms with E-state index in [-0.39, 0.29) is 28.2 Å². The third-order valence-electron chi connectivity index (χ3n) is 8.06. The number of benzene rings is 1. The number of nitrogens with two attached hydrogens (primary N) is 1. The molecule has 226 valence electrons. The maximum atomic E-state index is 13.5. The van der Waals surface area contributed by atoms with E-state index >= 15 is 0 Å². The number of amides is 1. The molecule has 12 heteroatoms. The summed E-state index contributed by atoms with van der Waals surface area (Å²) in [6.45, 7) is 17.1. The summed E-state index contributed by atoms with van der Waals surface area (Å²) in [5, 5.41) is 13.0. The summed E-state index contributed by atoms with van der Waals surface area (Å²) in [5.74, 6) is 0.167. The molecule has 1 aromatic carbocycles. The zero-order valence-corrected chi connectivity index (χ0v) is 26.7. The van der Waals surface area contributed by atoms with Crippen molar-refractivity contribution in [2.75, 3.05) is 18.0 Å². The van der Waals surface area contributed by atoms with Gasteiger partial charge >= 0.3 is 11.9 Å². The third-order valence-corrected chi connectivity index (χ3v) is 12.4. The number of primary amides is 1. The molecule has 1 fully saturated rings. The van der Waals surface area contributed by atoms with Crippen LogP contribution >= 0.6 is 0 Å². The maximum absolute atomic E-state index is 13.5. The van der Waals surface area contributed by atoms with Crippen LogP contribution in [0, 0.1) is 16.0 Å². The van der Waals surface area contributed by atoms with Crippen LogP contribution in [0.1, 0.15) is 54.4 Å². The van der Waals surface area contributed by atoms with Crippen LogP contribution in [-0.2, 0) is 9.53 Å². The summed E-state index contributed by atoms with van der Waals surface area (Å²) in [5.41, 5.74) is 5.68. The van der Waals surface area contributed by atoms with E-state index in [1.165, 1.54) is 4.57 Å². The first-order valence-electron chi connectivity index (χ1n) is 14.2. The number of hydrogen-bond donors (Lipinski definition) is 1. The van der Waals surface area contributed by atoms with Gasteiger partial charge in [-0.15, -0.1) is 0 Å². The summed E-state index contributed by atoms with van der Waals surface area (Å²) in [6.07, 6.45) is 0.453. The van der Waals surface area contributed by atoms with Crippen LogP contribution in [0.15, 0.2) is 36.4 Å². The van der Waals surface area contributed by atoms with Gasteiger partial charge in [-0.1, -0.05) is 20.8 Å². The van der Waals surface area contributed by atoms with Gasteiger partial charge < -0.3 is 29.9 Å². The molecule has 11 nitrogen and oxygen atoms in total. The van der Waals surface area contributed by atoms with Crippen molar-refractivity contribution < 1.29 is 23.7 Å². The highest BCUT2D eigenvalue weighted by Crippen LogP contribution is 2.40. The number of nitro groups is 1. The van der Waals surface area contributed by atoms with Crippen LogP contribution in [-0.4, -0.2) is 53.5 Å². The number of carbonyl (C=O) groups excluding carboxylic acids is 2. The van der Waals surface area contributed by atoms with Gasteiger partial charge in [-0.2, -0.15) is 0 Å². The van der Waals surface area contributed by atoms with E-state index in [1.54, 1.807) is 45.0 Å². The SMILES string of the molecule is CC(C)(C)OC(=O)n1c(-c2ccc(N3CCC(C(N)=O)CC3)nc2[N+](=O)[O-])cc2cc(O[Si](C)(C)C(C)(C)C)ccc21. The monoisotopic (exact) mass is 595 g/mol. The lowest BCUT2D eigenvalue weighted by atomic mass is 9.96. The van der Waals surface area contributed by atoms with Crippen molar-refractivity contribution in [3.05, 3.63) is 46.5 Å². The van der Waals surface area contributed by atoms with E-state index in [9.17, 15) is 19.7 Å². The molecule has 0 aliphatic carbocycles. The molecule has 1 aliphatic heterocycles. The van der Waals surface area contributed by atoms with Gasteiger partial charge in [0.2, 0.25) is 20.0 Å². The Morgan fingerprint density at radius 1 is 1.05 bits per heavy atom. The van der Waals surface area contributed by atoms with Crippen LogP contribution in [0.25, 0.3) is 22.2 Å². The van der Waals surface area contributed by atoms with Crippen LogP contribution in [0.2, 0.25) is 18.1 Å². The fourth-order valence-electron chi connectivity index (χ4n) is 4.75. The van der Waals surface area contributed by atoms with Crippen molar-refractivity contribution in [2.24, 2.45) is 11.7 Å². The number of carbonyl (C=O) groups is 2. The molecule has 0 spiro atoms. The average molecular weight is 596 g/mol. The van der Waals surface area contributed by atoms with E-state index in [2.05, 4.69) is 38.8 Å². The molecule has 0 saturated carbocycles. The fourth-order valence-corrected chi connectivity index (χ4v) is 5.78. The summed E-state index contributed by atoms with van der Waals surface area (Å²) < 4.78 is 13.6. The lowest BCUT2D eigenvalue weighted by Crippen LogP contribution is -2.43. The van der Waals surface area contributed by atoms with Crippen LogP contribution in [0.4, 0.5) is 16.4 Å². The first kappa shape index (κ1) is 31.0. The van der Waals surface area contributed by atoms with Gasteiger partial charge in [0.15, 0.2) is 0 Å². The number of piperidine rings is 1. The van der Waals surface area contributed by atoms with E-state index in [0.29, 0.717) is 54.1 Å². The first-order chi connectivity index (χ1) is 19.4. The normalized spacial score (nSPS) is 15.1. The van der Waals surface area contributed by atoms with Crippen LogP contribution < -0.4 is 15.1 Å². The number of ether oxygens (including phenoxy) is 1. The van der Waals surface area contributed by atoms with E-state index in [4.69, 9.17) is 14.9 Å². The van der Waals surface area contributed by atoms with Gasteiger partial charge in [0.1, 0.15) is 11.4 Å².